The van der Waals surface area contributed by atoms with Crippen LogP contribution in [0.5, 0.6) is 0 Å². The average molecular weight is 554 g/mol. The molecule has 209 valence electrons. The van der Waals surface area contributed by atoms with Crippen molar-refractivity contribution in [2.24, 2.45) is 0 Å². The third-order valence-corrected chi connectivity index (χ3v) is 7.59. The Labute approximate surface area is 235 Å². The number of allylic oxidation sites excluding steroid dienone is 1. The second-order valence-corrected chi connectivity index (χ2v) is 10.1. The quantitative estimate of drug-likeness (QED) is 0.246. The molecule has 0 aromatic carbocycles. The van der Waals surface area contributed by atoms with Crippen LogP contribution in [0, 0.1) is 13.3 Å². The van der Waals surface area contributed by atoms with Crippen molar-refractivity contribution < 1.29 is 29.7 Å². The first-order valence-corrected chi connectivity index (χ1v) is 13.2. The molecule has 0 unspecified atom stereocenters. The molecule has 0 aliphatic carbocycles. The number of H-pyrrole nitrogens is 2. The van der Waals surface area contributed by atoms with Crippen molar-refractivity contribution in [2.45, 2.75) is 46.0 Å². The summed E-state index contributed by atoms with van der Waals surface area (Å²) in [4.78, 5) is 52.5. The molecule has 2 aliphatic rings. The minimum Gasteiger partial charge on any atom is -0.481 e. The first-order chi connectivity index (χ1) is 19.5. The van der Waals surface area contributed by atoms with Gasteiger partial charge in [-0.3, -0.25) is 9.78 Å². The van der Waals surface area contributed by atoms with Crippen LogP contribution in [-0.4, -0.2) is 53.2 Å². The van der Waals surface area contributed by atoms with E-state index in [1.54, 1.807) is 31.6 Å². The van der Waals surface area contributed by atoms with E-state index in [2.05, 4.69) is 26.5 Å². The summed E-state index contributed by atoms with van der Waals surface area (Å²) < 4.78 is 0. The van der Waals surface area contributed by atoms with Crippen molar-refractivity contribution >= 4 is 57.2 Å². The second kappa shape index (κ2) is 10.5. The maximum Gasteiger partial charge on any atom is 0.339 e. The van der Waals surface area contributed by atoms with Gasteiger partial charge >= 0.3 is 17.9 Å². The molecule has 0 amide bonds. The lowest BCUT2D eigenvalue weighted by molar-refractivity contribution is -0.137. The fraction of sp³-hybridized carbons (Fsp3) is 0.226. The monoisotopic (exact) mass is 553 g/mol. The zero-order valence-electron chi connectivity index (χ0n) is 22.8. The Kier molecular flexibility index (Phi) is 7.08. The number of rotatable bonds is 7. The van der Waals surface area contributed by atoms with Gasteiger partial charge in [0.25, 0.3) is 0 Å². The Hall–Kier alpha value is -4.99. The summed E-state index contributed by atoms with van der Waals surface area (Å²) in [5.41, 5.74) is 6.30. The lowest BCUT2D eigenvalue weighted by Crippen LogP contribution is -2.12. The van der Waals surface area contributed by atoms with Crippen LogP contribution in [0.2, 0.25) is 0 Å². The summed E-state index contributed by atoms with van der Waals surface area (Å²) in [5, 5.41) is 29.9. The van der Waals surface area contributed by atoms with Crippen LogP contribution >= 0.6 is 0 Å². The van der Waals surface area contributed by atoms with Gasteiger partial charge in [-0.25, -0.2) is 14.6 Å². The molecule has 3 aromatic rings. The zero-order chi connectivity index (χ0) is 29.6. The molecule has 41 heavy (non-hydrogen) atoms. The van der Waals surface area contributed by atoms with Crippen molar-refractivity contribution in [1.82, 2.24) is 19.9 Å². The number of aryl methyl sites for hydroxylation is 2. The molecule has 10 heteroatoms. The largest absolute Gasteiger partial charge is 0.481 e. The van der Waals surface area contributed by atoms with E-state index in [1.165, 1.54) is 0 Å². The molecule has 0 saturated heterocycles. The Bertz CT molecular complexity index is 1840. The van der Waals surface area contributed by atoms with Gasteiger partial charge < -0.3 is 25.3 Å². The highest BCUT2D eigenvalue weighted by Crippen LogP contribution is 2.38. The molecule has 0 spiro atoms. The molecular weight excluding hydrogens is 524 g/mol. The van der Waals surface area contributed by atoms with Crippen LogP contribution < -0.4 is 0 Å². The lowest BCUT2D eigenvalue weighted by Gasteiger charge is -2.11. The molecule has 5 rings (SSSR count). The van der Waals surface area contributed by atoms with Gasteiger partial charge in [0, 0.05) is 46.5 Å². The summed E-state index contributed by atoms with van der Waals surface area (Å²) in [7, 11) is 0. The van der Waals surface area contributed by atoms with Crippen LogP contribution in [0.1, 0.15) is 82.4 Å². The van der Waals surface area contributed by atoms with Gasteiger partial charge in [-0.05, 0) is 73.2 Å². The number of nitrogens with one attached hydrogen (secondary N) is 2. The molecule has 5 heterocycles. The Morgan fingerprint density at radius 1 is 0.976 bits per heavy atom. The number of aromatic nitrogens is 4. The number of aromatic amines is 2. The molecule has 3 aromatic heterocycles. The molecule has 10 nitrogen and oxygen atoms in total. The van der Waals surface area contributed by atoms with Crippen LogP contribution in [0.3, 0.4) is 0 Å². The molecule has 1 atom stereocenters. The summed E-state index contributed by atoms with van der Waals surface area (Å²) >= 11 is 0. The van der Waals surface area contributed by atoms with E-state index in [-0.39, 0.29) is 35.4 Å². The summed E-state index contributed by atoms with van der Waals surface area (Å²) in [5.74, 6) is -4.43. The molecule has 2 aliphatic heterocycles. The Morgan fingerprint density at radius 2 is 1.73 bits per heavy atom. The Morgan fingerprint density at radius 3 is 2.37 bits per heavy atom. The number of carboxylic acids is 3. The minimum absolute atomic E-state index is 0.0678. The number of aromatic carboxylic acids is 1. The van der Waals surface area contributed by atoms with Crippen molar-refractivity contribution in [2.75, 3.05) is 0 Å². The number of hydrogen-bond acceptors (Lipinski definition) is 5. The Balaban J connectivity index is 1.99. The summed E-state index contributed by atoms with van der Waals surface area (Å²) in [6.45, 7) is 9.55. The maximum absolute atomic E-state index is 12.7. The van der Waals surface area contributed by atoms with E-state index in [0.29, 0.717) is 28.9 Å². The van der Waals surface area contributed by atoms with Crippen molar-refractivity contribution in [3.63, 3.8) is 0 Å². The molecular formula is C31H29N4O6. The molecule has 5 N–H and O–H groups in total. The van der Waals surface area contributed by atoms with E-state index in [0.717, 1.165) is 33.2 Å². The molecule has 1 radical (unpaired) electrons. The second-order valence-electron chi connectivity index (χ2n) is 10.1. The molecule has 0 saturated carbocycles. The third-order valence-electron chi connectivity index (χ3n) is 7.59. The SMILES string of the molecule is C=Cc1cc2cc3nc(c(C(=O)O)c4nc(cc5[nH]c(cc1[nH]2)c(C)c5CC)C(C)=C4C(=O)O)[C@@H](CCC(=O)O)[CH]3. The van der Waals surface area contributed by atoms with Gasteiger partial charge in [0.15, 0.2) is 0 Å². The van der Waals surface area contributed by atoms with Gasteiger partial charge in [0.2, 0.25) is 0 Å². The summed E-state index contributed by atoms with van der Waals surface area (Å²) in [6, 6.07) is 7.35. The normalized spacial score (nSPS) is 14.8. The number of aliphatic carboxylic acids is 2. The maximum atomic E-state index is 12.7. The van der Waals surface area contributed by atoms with Gasteiger partial charge in [-0.2, -0.15) is 0 Å². The van der Waals surface area contributed by atoms with Crippen molar-refractivity contribution in [3.05, 3.63) is 82.3 Å². The fourth-order valence-electron chi connectivity index (χ4n) is 5.56. The van der Waals surface area contributed by atoms with Gasteiger partial charge in [0.05, 0.1) is 22.7 Å². The highest BCUT2D eigenvalue weighted by Gasteiger charge is 2.34. The highest BCUT2D eigenvalue weighted by atomic mass is 16.4. The van der Waals surface area contributed by atoms with E-state index in [1.807, 2.05) is 26.0 Å². The zero-order valence-corrected chi connectivity index (χ0v) is 22.8. The standard InChI is InChI=1S/C31H29N4O6/c1-5-16-9-18-11-19-10-17(7-8-25(36)37)28(33-19)27(31(40)41)29-26(30(38)39)15(4)22(35-29)13-24-20(6-2)14(3)21(34-24)12-23(16)32-18/h5,9-13,17,32,34H,1,6-8H2,2-4H3,(H,36,37)(H,38,39)(H,40,41)/t17-/m0/s1. The average Bonchev–Trinajstić information content (AvgIpc) is 3.63. The first kappa shape index (κ1) is 27.6. The van der Waals surface area contributed by atoms with Crippen LogP contribution in [0.15, 0.2) is 30.8 Å². The minimum atomic E-state index is -1.40. The number of carboxylic acid groups (broad SMARTS) is 3. The van der Waals surface area contributed by atoms with E-state index >= 15 is 0 Å². The molecule has 8 bridgehead atoms. The number of fused-ring (bicyclic) bond motifs is 8. The van der Waals surface area contributed by atoms with E-state index in [9.17, 15) is 29.7 Å². The van der Waals surface area contributed by atoms with Crippen molar-refractivity contribution in [1.29, 1.82) is 0 Å². The van der Waals surface area contributed by atoms with Crippen LogP contribution in [-0.2, 0) is 16.0 Å². The topological polar surface area (TPSA) is 169 Å². The van der Waals surface area contributed by atoms with E-state index in [4.69, 9.17) is 0 Å². The summed E-state index contributed by atoms with van der Waals surface area (Å²) in [6.07, 6.45) is 3.98. The smallest absolute Gasteiger partial charge is 0.339 e. The number of carbonyl (C=O) groups is 3. The van der Waals surface area contributed by atoms with Gasteiger partial charge in [-0.15, -0.1) is 0 Å². The van der Waals surface area contributed by atoms with Crippen molar-refractivity contribution in [3.8, 4) is 0 Å². The van der Waals surface area contributed by atoms with Gasteiger partial charge in [0.1, 0.15) is 5.56 Å². The van der Waals surface area contributed by atoms with Gasteiger partial charge in [-0.1, -0.05) is 19.6 Å². The van der Waals surface area contributed by atoms with Crippen LogP contribution in [0.4, 0.5) is 0 Å². The fourth-order valence-corrected chi connectivity index (χ4v) is 5.56. The predicted molar refractivity (Wildman–Crippen MR) is 155 cm³/mol. The van der Waals surface area contributed by atoms with E-state index < -0.39 is 23.8 Å². The predicted octanol–water partition coefficient (Wildman–Crippen LogP) is 5.74. The first-order valence-electron chi connectivity index (χ1n) is 13.2. The highest BCUT2D eigenvalue weighted by molar-refractivity contribution is 6.26. The molecule has 0 fully saturated rings. The number of hydrogen-bond donors (Lipinski definition) is 5. The van der Waals surface area contributed by atoms with Crippen LogP contribution in [0.25, 0.3) is 39.3 Å². The third kappa shape index (κ3) is 4.93. The number of nitrogens with zero attached hydrogens (tertiary/aromatic N) is 2. The lowest BCUT2D eigenvalue weighted by atomic mass is 9.92.